The van der Waals surface area contributed by atoms with E-state index in [1.165, 1.54) is 0 Å². The lowest BCUT2D eigenvalue weighted by Crippen LogP contribution is -2.66. The number of rotatable bonds is 18. The Labute approximate surface area is 400 Å². The van der Waals surface area contributed by atoms with Crippen molar-refractivity contribution in [2.45, 2.75) is 146 Å². The van der Waals surface area contributed by atoms with Gasteiger partial charge in [0.1, 0.15) is 18.2 Å². The summed E-state index contributed by atoms with van der Waals surface area (Å²) in [6, 6.07) is 15.6. The minimum Gasteiger partial charge on any atom is -0.481 e. The summed E-state index contributed by atoms with van der Waals surface area (Å²) >= 11 is 0. The van der Waals surface area contributed by atoms with Gasteiger partial charge in [-0.2, -0.15) is 0 Å². The number of carbonyl (C=O) groups excluding carboxylic acids is 4. The summed E-state index contributed by atoms with van der Waals surface area (Å²) in [6.07, 6.45) is 9.64. The predicted molar refractivity (Wildman–Crippen MR) is 254 cm³/mol. The fourth-order valence-electron chi connectivity index (χ4n) is 13.5. The van der Waals surface area contributed by atoms with E-state index in [2.05, 4.69) is 40.1 Å². The summed E-state index contributed by atoms with van der Waals surface area (Å²) in [4.78, 5) is 72.5. The van der Waals surface area contributed by atoms with Gasteiger partial charge < -0.3 is 52.1 Å². The van der Waals surface area contributed by atoms with Crippen LogP contribution in [0.1, 0.15) is 121 Å². The van der Waals surface area contributed by atoms with E-state index in [9.17, 15) is 29.1 Å². The molecule has 9 N–H and O–H groups in total. The number of aliphatic imine (C=N–C) groups is 1. The van der Waals surface area contributed by atoms with Gasteiger partial charge >= 0.3 is 5.97 Å². The molecule has 4 amide bonds. The van der Waals surface area contributed by atoms with E-state index in [1.54, 1.807) is 0 Å². The van der Waals surface area contributed by atoms with Crippen molar-refractivity contribution in [3.8, 4) is 0 Å². The molecule has 1 spiro atoms. The molecule has 2 aliphatic heterocycles. The first-order valence-corrected chi connectivity index (χ1v) is 25.0. The number of aliphatic carboxylic acids is 1. The van der Waals surface area contributed by atoms with Crippen LogP contribution in [0.3, 0.4) is 0 Å². The Bertz CT molecular complexity index is 2150. The van der Waals surface area contributed by atoms with E-state index in [0.717, 1.165) is 62.5 Å². The van der Waals surface area contributed by atoms with Crippen LogP contribution in [0.5, 0.6) is 0 Å². The van der Waals surface area contributed by atoms with Crippen LogP contribution < -0.4 is 32.7 Å². The fraction of sp³-hybridized carbons (Fsp3) is 0.654. The van der Waals surface area contributed by atoms with Crippen molar-refractivity contribution in [1.82, 2.24) is 21.3 Å². The minimum absolute atomic E-state index is 0.0718. The molecule has 0 aromatic heterocycles. The molecule has 0 radical (unpaired) electrons. The number of benzene rings is 2. The van der Waals surface area contributed by atoms with Crippen LogP contribution in [0.4, 0.5) is 0 Å². The summed E-state index contributed by atoms with van der Waals surface area (Å²) in [5, 5.41) is 21.4. The zero-order valence-electron chi connectivity index (χ0n) is 40.0. The number of nitrogens with zero attached hydrogens (tertiary/aromatic N) is 1. The number of fused-ring (bicyclic) bond motifs is 6. The second-order valence-corrected chi connectivity index (χ2v) is 21.1. The van der Waals surface area contributed by atoms with Gasteiger partial charge in [0.2, 0.25) is 23.6 Å². The van der Waals surface area contributed by atoms with Crippen molar-refractivity contribution in [3.05, 3.63) is 71.8 Å². The Morgan fingerprint density at radius 3 is 2.26 bits per heavy atom. The quantitative estimate of drug-likeness (QED) is 0.0605. The van der Waals surface area contributed by atoms with Gasteiger partial charge in [0.05, 0.1) is 25.2 Å². The number of hydrogen-bond acceptors (Lipinski definition) is 9. The maximum Gasteiger partial charge on any atom is 0.305 e. The molecule has 2 aromatic rings. The highest BCUT2D eigenvalue weighted by atomic mass is 16.7. The summed E-state index contributed by atoms with van der Waals surface area (Å²) in [5.74, 6) is -3.31. The van der Waals surface area contributed by atoms with Crippen molar-refractivity contribution < 1.29 is 43.3 Å². The maximum absolute atomic E-state index is 14.8. The summed E-state index contributed by atoms with van der Waals surface area (Å²) in [7, 11) is 1.84. The van der Waals surface area contributed by atoms with Gasteiger partial charge in [0.25, 0.3) is 0 Å². The number of methoxy groups -OCH3 is 1. The zero-order valence-corrected chi connectivity index (χ0v) is 40.0. The second kappa shape index (κ2) is 20.9. The number of nitrogens with two attached hydrogens (primary N) is 2. The monoisotopic (exact) mass is 940 g/mol. The number of carbonyl (C=O) groups is 5. The van der Waals surface area contributed by atoms with Crippen molar-refractivity contribution >= 4 is 35.6 Å². The van der Waals surface area contributed by atoms with Crippen molar-refractivity contribution in [2.24, 2.45) is 62.8 Å². The first kappa shape index (κ1) is 49.4. The molecule has 4 aliphatic carbocycles. The van der Waals surface area contributed by atoms with E-state index in [1.807, 2.05) is 67.8 Å². The lowest BCUT2D eigenvalue weighted by molar-refractivity contribution is -0.348. The number of guanidine groups is 1. The third-order valence-corrected chi connectivity index (χ3v) is 17.2. The Hall–Kier alpha value is -5.06. The molecule has 0 unspecified atom stereocenters. The number of hydrogen-bond donors (Lipinski definition) is 7. The van der Waals surface area contributed by atoms with Crippen LogP contribution >= 0.6 is 0 Å². The third-order valence-electron chi connectivity index (χ3n) is 17.2. The van der Waals surface area contributed by atoms with E-state index in [-0.39, 0.29) is 54.0 Å². The summed E-state index contributed by atoms with van der Waals surface area (Å²) < 4.78 is 19.5. The molecule has 68 heavy (non-hydrogen) atoms. The number of carboxylic acid groups (broad SMARTS) is 1. The van der Waals surface area contributed by atoms with Crippen LogP contribution in [0.2, 0.25) is 0 Å². The molecule has 2 heterocycles. The molecule has 14 atom stereocenters. The van der Waals surface area contributed by atoms with Crippen LogP contribution in [0, 0.1) is 46.3 Å². The van der Waals surface area contributed by atoms with Crippen molar-refractivity contribution in [1.29, 1.82) is 0 Å². The predicted octanol–water partition coefficient (Wildman–Crippen LogP) is 4.85. The molecule has 6 aliphatic rings. The lowest BCUT2D eigenvalue weighted by Gasteiger charge is -2.66. The molecule has 2 aromatic carbocycles. The molecule has 4 saturated carbocycles. The van der Waals surface area contributed by atoms with E-state index < -0.39 is 66.0 Å². The Morgan fingerprint density at radius 1 is 0.838 bits per heavy atom. The van der Waals surface area contributed by atoms with E-state index in [4.69, 9.17) is 25.7 Å². The number of nitrogens with one attached hydrogen (secondary N) is 4. The number of ether oxygens (including phenoxy) is 3. The highest BCUT2D eigenvalue weighted by Crippen LogP contribution is 2.68. The van der Waals surface area contributed by atoms with Crippen LogP contribution in [-0.2, 0) is 44.7 Å². The first-order valence-electron chi connectivity index (χ1n) is 25.0. The molecule has 2 saturated heterocycles. The number of amides is 4. The van der Waals surface area contributed by atoms with Crippen LogP contribution in [0.25, 0.3) is 0 Å². The standard InChI is InChI=1S/C52H73N7O9/c1-50-22-19-34(66-3)26-33(50)17-18-35-38(50)20-23-51(2)39(35)28-42(68-52(51)21-11-25-67-52)48(65)57-40(16-10-24-55-49(53)54)47(64)59-44(32-14-8-5-9-15-32)36-27-37(36)45(62)58-41(29-43(60)61)46(63)56-30-31-12-6-4-7-13-31/h4-9,12-15,33-42,44H,10-11,16-30H2,1-3H3,(H,56,63)(H,57,65)(H,58,62)(H,59,64)(H,60,61)(H4,53,54,55)/t33-,34-,35+,36-,37-,38-,39-,40-,41-,42+,44+,50-,51-,52+/m0/s1. The molecule has 6 fully saturated rings. The second-order valence-electron chi connectivity index (χ2n) is 21.1. The van der Waals surface area contributed by atoms with Crippen LogP contribution in [-0.4, -0.2) is 91.0 Å². The van der Waals surface area contributed by atoms with Gasteiger partial charge in [0, 0.05) is 38.0 Å². The van der Waals surface area contributed by atoms with Gasteiger partial charge in [-0.05, 0) is 123 Å². The molecular weight excluding hydrogens is 867 g/mol. The summed E-state index contributed by atoms with van der Waals surface area (Å²) in [6.45, 7) is 5.84. The fourth-order valence-corrected chi connectivity index (χ4v) is 13.5. The highest BCUT2D eigenvalue weighted by molar-refractivity contribution is 5.93. The van der Waals surface area contributed by atoms with E-state index in [0.29, 0.717) is 56.1 Å². The third kappa shape index (κ3) is 10.4. The lowest BCUT2D eigenvalue weighted by atomic mass is 9.42. The maximum atomic E-state index is 14.8. The minimum atomic E-state index is -1.30. The highest BCUT2D eigenvalue weighted by Gasteiger charge is 2.67. The molecular formula is C52H73N7O9. The SMILES string of the molecule is CO[C@H]1CC[C@@]2(C)[C@@H](CC[C@@H]3[C@@H]2CC[C@@]2(C)[C@H]3C[C@H](C(=O)N[C@@H](CCCN=C(N)N)C(=O)N[C@H](c3ccccc3)[C@H]3C[C@@H]3C(=O)N[C@@H](CC(=O)O)C(=O)NCc3ccccc3)O[C@]23CCCO3)C1. The average Bonchev–Trinajstić information content (AvgIpc) is 3.99. The Morgan fingerprint density at radius 2 is 1.57 bits per heavy atom. The largest absolute Gasteiger partial charge is 0.481 e. The van der Waals surface area contributed by atoms with Gasteiger partial charge in [0.15, 0.2) is 11.7 Å². The van der Waals surface area contributed by atoms with Gasteiger partial charge in [-0.25, -0.2) is 0 Å². The topological polar surface area (TPSA) is 246 Å². The van der Waals surface area contributed by atoms with Gasteiger partial charge in [-0.3, -0.25) is 29.0 Å². The molecule has 16 heteroatoms. The first-order chi connectivity index (χ1) is 32.6. The van der Waals surface area contributed by atoms with E-state index >= 15 is 0 Å². The normalized spacial score (nSPS) is 33.8. The van der Waals surface area contributed by atoms with Gasteiger partial charge in [-0.1, -0.05) is 74.5 Å². The Balaban J connectivity index is 0.985. The Kier molecular flexibility index (Phi) is 15.2. The average molecular weight is 940 g/mol. The molecule has 8 rings (SSSR count). The van der Waals surface area contributed by atoms with Crippen molar-refractivity contribution in [3.63, 3.8) is 0 Å². The van der Waals surface area contributed by atoms with Crippen LogP contribution in [0.15, 0.2) is 65.7 Å². The summed E-state index contributed by atoms with van der Waals surface area (Å²) in [5.41, 5.74) is 12.8. The smallest absolute Gasteiger partial charge is 0.305 e. The number of carboxylic acids is 1. The molecule has 16 nitrogen and oxygen atoms in total. The van der Waals surface area contributed by atoms with Gasteiger partial charge in [-0.15, -0.1) is 0 Å². The molecule has 370 valence electrons. The molecule has 0 bridgehead atoms. The van der Waals surface area contributed by atoms with Crippen molar-refractivity contribution in [2.75, 3.05) is 20.3 Å². The zero-order chi connectivity index (χ0) is 48.2.